The van der Waals surface area contributed by atoms with E-state index in [4.69, 9.17) is 14.6 Å². The van der Waals surface area contributed by atoms with Crippen LogP contribution in [-0.4, -0.2) is 37.5 Å². The van der Waals surface area contributed by atoms with Crippen LogP contribution in [0, 0.1) is 0 Å². The summed E-state index contributed by atoms with van der Waals surface area (Å²) >= 11 is 0. The molecule has 4 heteroatoms. The Kier molecular flexibility index (Phi) is 23.9. The molecule has 0 heterocycles. The van der Waals surface area contributed by atoms with Crippen molar-refractivity contribution >= 4 is 5.97 Å². The summed E-state index contributed by atoms with van der Waals surface area (Å²) < 4.78 is 10.8. The van der Waals surface area contributed by atoms with Crippen molar-refractivity contribution in [3.63, 3.8) is 0 Å². The smallest absolute Gasteiger partial charge is 0.303 e. The van der Waals surface area contributed by atoms with Crippen LogP contribution in [0.1, 0.15) is 122 Å². The van der Waals surface area contributed by atoms with Crippen LogP contribution < -0.4 is 0 Å². The van der Waals surface area contributed by atoms with Crippen molar-refractivity contribution in [1.82, 2.24) is 0 Å². The minimum absolute atomic E-state index is 0.338. The Labute approximate surface area is 174 Å². The molecule has 0 saturated heterocycles. The molecule has 0 aliphatic carbocycles. The van der Waals surface area contributed by atoms with Gasteiger partial charge in [0.05, 0.1) is 13.2 Å². The number of ether oxygens (including phenoxy) is 2. The standard InChI is InChI=1S/C24H48O4/c1-2-27-22-23-28-21-19-17-15-13-11-9-7-5-3-4-6-8-10-12-14-16-18-20-24(25)26/h2-23H2,1H3,(H,25,26). The highest BCUT2D eigenvalue weighted by molar-refractivity contribution is 5.66. The third-order valence-corrected chi connectivity index (χ3v) is 5.26. The Bertz CT molecular complexity index is 307. The lowest BCUT2D eigenvalue weighted by Crippen LogP contribution is -2.04. The van der Waals surface area contributed by atoms with Gasteiger partial charge in [-0.25, -0.2) is 0 Å². The number of rotatable bonds is 24. The van der Waals surface area contributed by atoms with Crippen molar-refractivity contribution in [2.75, 3.05) is 26.4 Å². The molecule has 0 atom stereocenters. The minimum atomic E-state index is -0.658. The maximum Gasteiger partial charge on any atom is 0.303 e. The Balaban J connectivity index is 2.99. The zero-order chi connectivity index (χ0) is 20.5. The van der Waals surface area contributed by atoms with Crippen LogP contribution in [-0.2, 0) is 14.3 Å². The van der Waals surface area contributed by atoms with E-state index in [0.717, 1.165) is 39.3 Å². The SMILES string of the molecule is CCOCCOCCCCCCCCCCCCCCCCCCCC(=O)O. The number of carboxylic acid groups (broad SMARTS) is 1. The molecule has 0 fully saturated rings. The summed E-state index contributed by atoms with van der Waals surface area (Å²) in [6.45, 7) is 5.15. The van der Waals surface area contributed by atoms with Gasteiger partial charge in [-0.2, -0.15) is 0 Å². The van der Waals surface area contributed by atoms with Gasteiger partial charge in [0.2, 0.25) is 0 Å². The van der Waals surface area contributed by atoms with Gasteiger partial charge in [-0.3, -0.25) is 4.79 Å². The zero-order valence-electron chi connectivity index (χ0n) is 18.7. The molecular formula is C24H48O4. The van der Waals surface area contributed by atoms with E-state index < -0.39 is 5.97 Å². The summed E-state index contributed by atoms with van der Waals surface area (Å²) in [5, 5.41) is 8.58. The van der Waals surface area contributed by atoms with Gasteiger partial charge in [-0.1, -0.05) is 96.3 Å². The second-order valence-electron chi connectivity index (χ2n) is 7.96. The Morgan fingerprint density at radius 1 is 0.536 bits per heavy atom. The topological polar surface area (TPSA) is 55.8 Å². The van der Waals surface area contributed by atoms with Crippen LogP contribution in [0.2, 0.25) is 0 Å². The number of carbonyl (C=O) groups is 1. The minimum Gasteiger partial charge on any atom is -0.481 e. The lowest BCUT2D eigenvalue weighted by molar-refractivity contribution is -0.137. The molecule has 0 aromatic carbocycles. The number of unbranched alkanes of at least 4 members (excludes halogenated alkanes) is 16. The molecule has 28 heavy (non-hydrogen) atoms. The number of hydrogen-bond acceptors (Lipinski definition) is 3. The van der Waals surface area contributed by atoms with Crippen LogP contribution >= 0.6 is 0 Å². The van der Waals surface area contributed by atoms with E-state index >= 15 is 0 Å². The molecule has 168 valence electrons. The van der Waals surface area contributed by atoms with Crippen molar-refractivity contribution in [1.29, 1.82) is 0 Å². The van der Waals surface area contributed by atoms with Crippen LogP contribution in [0.25, 0.3) is 0 Å². The fraction of sp³-hybridized carbons (Fsp3) is 0.958. The number of aliphatic carboxylic acids is 1. The third-order valence-electron chi connectivity index (χ3n) is 5.26. The largest absolute Gasteiger partial charge is 0.481 e. The monoisotopic (exact) mass is 400 g/mol. The molecule has 0 aromatic rings. The van der Waals surface area contributed by atoms with Gasteiger partial charge in [0, 0.05) is 19.6 Å². The van der Waals surface area contributed by atoms with E-state index in [-0.39, 0.29) is 0 Å². The molecule has 0 aromatic heterocycles. The summed E-state index contributed by atoms with van der Waals surface area (Å²) in [6.07, 6.45) is 22.4. The van der Waals surface area contributed by atoms with Crippen LogP contribution in [0.4, 0.5) is 0 Å². The van der Waals surface area contributed by atoms with Crippen molar-refractivity contribution < 1.29 is 19.4 Å². The first-order valence-corrected chi connectivity index (χ1v) is 12.1. The lowest BCUT2D eigenvalue weighted by atomic mass is 10.0. The predicted octanol–water partition coefficient (Wildman–Crippen LogP) is 7.15. The van der Waals surface area contributed by atoms with Gasteiger partial charge in [-0.15, -0.1) is 0 Å². The van der Waals surface area contributed by atoms with Crippen LogP contribution in [0.3, 0.4) is 0 Å². The number of hydrogen-bond donors (Lipinski definition) is 1. The van der Waals surface area contributed by atoms with Crippen molar-refractivity contribution in [3.05, 3.63) is 0 Å². The fourth-order valence-corrected chi connectivity index (χ4v) is 3.50. The predicted molar refractivity (Wildman–Crippen MR) is 118 cm³/mol. The normalized spacial score (nSPS) is 11.2. The van der Waals surface area contributed by atoms with Crippen molar-refractivity contribution in [2.45, 2.75) is 122 Å². The quantitative estimate of drug-likeness (QED) is 0.175. The van der Waals surface area contributed by atoms with Gasteiger partial charge in [0.15, 0.2) is 0 Å². The average Bonchev–Trinajstić information content (AvgIpc) is 2.68. The molecule has 1 N–H and O–H groups in total. The van der Waals surface area contributed by atoms with E-state index in [1.165, 1.54) is 96.3 Å². The van der Waals surface area contributed by atoms with Crippen LogP contribution in [0.15, 0.2) is 0 Å². The second-order valence-corrected chi connectivity index (χ2v) is 7.96. The maximum absolute atomic E-state index is 10.4. The van der Waals surface area contributed by atoms with Gasteiger partial charge in [0.1, 0.15) is 0 Å². The Hall–Kier alpha value is -0.610. The van der Waals surface area contributed by atoms with E-state index in [2.05, 4.69) is 0 Å². The molecule has 0 spiro atoms. The van der Waals surface area contributed by atoms with E-state index in [0.29, 0.717) is 6.42 Å². The molecule has 0 aliphatic heterocycles. The Morgan fingerprint density at radius 3 is 1.29 bits per heavy atom. The first-order chi connectivity index (χ1) is 13.8. The first kappa shape index (κ1) is 27.4. The highest BCUT2D eigenvalue weighted by Crippen LogP contribution is 2.14. The summed E-state index contributed by atoms with van der Waals surface area (Å²) in [4.78, 5) is 10.4. The molecule has 0 aliphatic rings. The first-order valence-electron chi connectivity index (χ1n) is 12.1. The molecule has 0 bridgehead atoms. The number of carboxylic acids is 1. The van der Waals surface area contributed by atoms with Gasteiger partial charge >= 0.3 is 5.97 Å². The molecule has 0 unspecified atom stereocenters. The third kappa shape index (κ3) is 25.4. The van der Waals surface area contributed by atoms with Crippen molar-refractivity contribution in [3.8, 4) is 0 Å². The van der Waals surface area contributed by atoms with E-state index in [9.17, 15) is 4.79 Å². The summed E-state index contributed by atoms with van der Waals surface area (Å²) in [6, 6.07) is 0. The molecule has 0 rings (SSSR count). The summed E-state index contributed by atoms with van der Waals surface area (Å²) in [5.41, 5.74) is 0. The fourth-order valence-electron chi connectivity index (χ4n) is 3.50. The Morgan fingerprint density at radius 2 is 0.893 bits per heavy atom. The summed E-state index contributed by atoms with van der Waals surface area (Å²) in [7, 11) is 0. The van der Waals surface area contributed by atoms with Gasteiger partial charge < -0.3 is 14.6 Å². The maximum atomic E-state index is 10.4. The second kappa shape index (κ2) is 24.4. The molecule has 0 saturated carbocycles. The highest BCUT2D eigenvalue weighted by atomic mass is 16.5. The average molecular weight is 401 g/mol. The van der Waals surface area contributed by atoms with Crippen LogP contribution in [0.5, 0.6) is 0 Å². The molecule has 0 amide bonds. The molecule has 0 radical (unpaired) electrons. The zero-order valence-corrected chi connectivity index (χ0v) is 18.7. The van der Waals surface area contributed by atoms with E-state index in [1.54, 1.807) is 0 Å². The van der Waals surface area contributed by atoms with Gasteiger partial charge in [-0.05, 0) is 19.8 Å². The van der Waals surface area contributed by atoms with E-state index in [1.807, 2.05) is 6.92 Å². The highest BCUT2D eigenvalue weighted by Gasteiger charge is 1.97. The lowest BCUT2D eigenvalue weighted by Gasteiger charge is -2.05. The van der Waals surface area contributed by atoms with Crippen molar-refractivity contribution in [2.24, 2.45) is 0 Å². The van der Waals surface area contributed by atoms with Gasteiger partial charge in [0.25, 0.3) is 0 Å². The summed E-state index contributed by atoms with van der Waals surface area (Å²) in [5.74, 6) is -0.658. The molecule has 4 nitrogen and oxygen atoms in total. The molecular weight excluding hydrogens is 352 g/mol.